The third kappa shape index (κ3) is 2.45. The molecule has 5 nitrogen and oxygen atoms in total. The van der Waals surface area contributed by atoms with E-state index in [1.54, 1.807) is 7.11 Å². The van der Waals surface area contributed by atoms with Crippen LogP contribution in [-0.4, -0.2) is 27.3 Å². The lowest BCUT2D eigenvalue weighted by Crippen LogP contribution is -2.12. The van der Waals surface area contributed by atoms with Crippen LogP contribution in [-0.2, 0) is 0 Å². The molecule has 0 amide bonds. The molecule has 0 saturated heterocycles. The van der Waals surface area contributed by atoms with Gasteiger partial charge in [0, 0.05) is 5.92 Å². The summed E-state index contributed by atoms with van der Waals surface area (Å²) in [5, 5.41) is 12.2. The Kier molecular flexibility index (Phi) is 3.44. The van der Waals surface area contributed by atoms with Crippen molar-refractivity contribution >= 4 is 0 Å². The van der Waals surface area contributed by atoms with Crippen LogP contribution >= 0.6 is 0 Å². The molecule has 1 heterocycles. The molecule has 1 aromatic heterocycles. The van der Waals surface area contributed by atoms with E-state index in [0.29, 0.717) is 5.92 Å². The second-order valence-electron chi connectivity index (χ2n) is 4.98. The number of methoxy groups -OCH3 is 1. The molecule has 1 aliphatic carbocycles. The molecule has 1 aromatic carbocycles. The van der Waals surface area contributed by atoms with Gasteiger partial charge in [-0.1, -0.05) is 19.3 Å². The highest BCUT2D eigenvalue weighted by atomic mass is 16.5. The molecule has 1 aliphatic rings. The lowest BCUT2D eigenvalue weighted by atomic mass is 9.89. The van der Waals surface area contributed by atoms with E-state index in [-0.39, 0.29) is 0 Å². The molecule has 1 saturated carbocycles. The standard InChI is InChI=1S/C14H18N4O/c1-19-13-9-7-12(8-10-13)18-14(15-16-17-18)11-5-3-2-4-6-11/h7-11H,2-6H2,1H3. The largest absolute Gasteiger partial charge is 0.497 e. The zero-order chi connectivity index (χ0) is 13.1. The fourth-order valence-electron chi connectivity index (χ4n) is 2.72. The van der Waals surface area contributed by atoms with Crippen LogP contribution in [0.3, 0.4) is 0 Å². The Morgan fingerprint density at radius 2 is 1.84 bits per heavy atom. The number of rotatable bonds is 3. The van der Waals surface area contributed by atoms with Crippen molar-refractivity contribution in [1.82, 2.24) is 20.2 Å². The molecule has 1 fully saturated rings. The first-order chi connectivity index (χ1) is 9.38. The van der Waals surface area contributed by atoms with Gasteiger partial charge in [0.25, 0.3) is 0 Å². The maximum atomic E-state index is 5.17. The molecule has 0 atom stereocenters. The molecular weight excluding hydrogens is 240 g/mol. The minimum atomic E-state index is 0.492. The van der Waals surface area contributed by atoms with E-state index in [4.69, 9.17) is 4.74 Å². The summed E-state index contributed by atoms with van der Waals surface area (Å²) < 4.78 is 7.03. The summed E-state index contributed by atoms with van der Waals surface area (Å²) in [6.45, 7) is 0. The van der Waals surface area contributed by atoms with Crippen molar-refractivity contribution in [3.05, 3.63) is 30.1 Å². The first kappa shape index (κ1) is 12.1. The number of tetrazole rings is 1. The first-order valence-electron chi connectivity index (χ1n) is 6.81. The minimum Gasteiger partial charge on any atom is -0.497 e. The van der Waals surface area contributed by atoms with Gasteiger partial charge in [-0.2, -0.15) is 4.68 Å². The summed E-state index contributed by atoms with van der Waals surface area (Å²) in [4.78, 5) is 0. The number of benzene rings is 1. The average molecular weight is 258 g/mol. The lowest BCUT2D eigenvalue weighted by Gasteiger charge is -2.20. The first-order valence-corrected chi connectivity index (χ1v) is 6.81. The van der Waals surface area contributed by atoms with Gasteiger partial charge in [-0.25, -0.2) is 0 Å². The molecule has 0 spiro atoms. The van der Waals surface area contributed by atoms with Crippen LogP contribution in [0.15, 0.2) is 24.3 Å². The van der Waals surface area contributed by atoms with Crippen LogP contribution in [0.25, 0.3) is 5.69 Å². The van der Waals surface area contributed by atoms with Crippen molar-refractivity contribution in [2.45, 2.75) is 38.0 Å². The van der Waals surface area contributed by atoms with Crippen LogP contribution in [0.5, 0.6) is 5.75 Å². The summed E-state index contributed by atoms with van der Waals surface area (Å²) in [6.07, 6.45) is 6.27. The van der Waals surface area contributed by atoms with Crippen molar-refractivity contribution in [2.24, 2.45) is 0 Å². The number of aromatic nitrogens is 4. The van der Waals surface area contributed by atoms with Gasteiger partial charge in [0.05, 0.1) is 12.8 Å². The molecule has 5 heteroatoms. The van der Waals surface area contributed by atoms with E-state index >= 15 is 0 Å². The van der Waals surface area contributed by atoms with Gasteiger partial charge in [-0.3, -0.25) is 0 Å². The summed E-state index contributed by atoms with van der Waals surface area (Å²) in [5.74, 6) is 2.33. The third-order valence-electron chi connectivity index (χ3n) is 3.78. The number of hydrogen-bond acceptors (Lipinski definition) is 4. The van der Waals surface area contributed by atoms with Crippen LogP contribution in [0.4, 0.5) is 0 Å². The molecule has 0 unspecified atom stereocenters. The zero-order valence-electron chi connectivity index (χ0n) is 11.1. The highest BCUT2D eigenvalue weighted by Crippen LogP contribution is 2.32. The van der Waals surface area contributed by atoms with Gasteiger partial charge in [0.15, 0.2) is 5.82 Å². The molecule has 0 radical (unpaired) electrons. The molecular formula is C14H18N4O. The maximum absolute atomic E-state index is 5.17. The molecule has 3 rings (SSSR count). The van der Waals surface area contributed by atoms with Crippen LogP contribution in [0.2, 0.25) is 0 Å². The predicted molar refractivity (Wildman–Crippen MR) is 71.5 cm³/mol. The Hall–Kier alpha value is -1.91. The Balaban J connectivity index is 1.89. The second-order valence-corrected chi connectivity index (χ2v) is 4.98. The van der Waals surface area contributed by atoms with Gasteiger partial charge in [0.2, 0.25) is 0 Å². The van der Waals surface area contributed by atoms with Gasteiger partial charge >= 0.3 is 0 Å². The Morgan fingerprint density at radius 1 is 1.11 bits per heavy atom. The summed E-state index contributed by atoms with van der Waals surface area (Å²) in [7, 11) is 1.67. The topological polar surface area (TPSA) is 52.8 Å². The van der Waals surface area contributed by atoms with Crippen LogP contribution in [0.1, 0.15) is 43.8 Å². The average Bonchev–Trinajstić information content (AvgIpc) is 2.98. The minimum absolute atomic E-state index is 0.492. The molecule has 100 valence electrons. The number of ether oxygens (including phenoxy) is 1. The van der Waals surface area contributed by atoms with E-state index in [1.807, 2.05) is 28.9 Å². The second kappa shape index (κ2) is 5.38. The van der Waals surface area contributed by atoms with Crippen LogP contribution < -0.4 is 4.74 Å². The Labute approximate surface area is 112 Å². The van der Waals surface area contributed by atoms with E-state index in [0.717, 1.165) is 17.3 Å². The number of nitrogens with zero attached hydrogens (tertiary/aromatic N) is 4. The highest BCUT2D eigenvalue weighted by molar-refractivity contribution is 5.37. The predicted octanol–water partition coefficient (Wildman–Crippen LogP) is 2.72. The SMILES string of the molecule is COc1ccc(-n2nnnc2C2CCCCC2)cc1. The third-order valence-corrected chi connectivity index (χ3v) is 3.78. The van der Waals surface area contributed by atoms with Gasteiger partial charge in [-0.15, -0.1) is 5.10 Å². The summed E-state index contributed by atoms with van der Waals surface area (Å²) in [5.41, 5.74) is 0.992. The van der Waals surface area contributed by atoms with Crippen molar-refractivity contribution in [1.29, 1.82) is 0 Å². The smallest absolute Gasteiger partial charge is 0.159 e. The molecule has 0 bridgehead atoms. The van der Waals surface area contributed by atoms with Gasteiger partial charge in [0.1, 0.15) is 5.75 Å². The number of hydrogen-bond donors (Lipinski definition) is 0. The molecule has 0 N–H and O–H groups in total. The molecule has 2 aromatic rings. The lowest BCUT2D eigenvalue weighted by molar-refractivity contribution is 0.414. The van der Waals surface area contributed by atoms with E-state index < -0.39 is 0 Å². The maximum Gasteiger partial charge on any atom is 0.159 e. The van der Waals surface area contributed by atoms with E-state index in [2.05, 4.69) is 15.5 Å². The Bertz CT molecular complexity index is 529. The quantitative estimate of drug-likeness (QED) is 0.849. The van der Waals surface area contributed by atoms with E-state index in [1.165, 1.54) is 32.1 Å². The normalized spacial score (nSPS) is 16.5. The monoisotopic (exact) mass is 258 g/mol. The fourth-order valence-corrected chi connectivity index (χ4v) is 2.72. The van der Waals surface area contributed by atoms with Crippen molar-refractivity contribution < 1.29 is 4.74 Å². The molecule has 0 aliphatic heterocycles. The summed E-state index contributed by atoms with van der Waals surface area (Å²) in [6, 6.07) is 7.84. The van der Waals surface area contributed by atoms with Gasteiger partial charge in [-0.05, 0) is 47.5 Å². The van der Waals surface area contributed by atoms with Crippen molar-refractivity contribution in [2.75, 3.05) is 7.11 Å². The van der Waals surface area contributed by atoms with Crippen molar-refractivity contribution in [3.63, 3.8) is 0 Å². The Morgan fingerprint density at radius 3 is 2.53 bits per heavy atom. The fraction of sp³-hybridized carbons (Fsp3) is 0.500. The van der Waals surface area contributed by atoms with E-state index in [9.17, 15) is 0 Å². The highest BCUT2D eigenvalue weighted by Gasteiger charge is 2.22. The summed E-state index contributed by atoms with van der Waals surface area (Å²) >= 11 is 0. The molecule has 19 heavy (non-hydrogen) atoms. The van der Waals surface area contributed by atoms with Gasteiger partial charge < -0.3 is 4.74 Å². The zero-order valence-corrected chi connectivity index (χ0v) is 11.1. The van der Waals surface area contributed by atoms with Crippen LogP contribution in [0, 0.1) is 0 Å². The van der Waals surface area contributed by atoms with Crippen molar-refractivity contribution in [3.8, 4) is 11.4 Å².